The van der Waals surface area contributed by atoms with Crippen molar-refractivity contribution in [3.63, 3.8) is 0 Å². The van der Waals surface area contributed by atoms with Crippen molar-refractivity contribution in [2.45, 2.75) is 32.1 Å². The van der Waals surface area contributed by atoms with Crippen molar-refractivity contribution >= 4 is 17.6 Å². The summed E-state index contributed by atoms with van der Waals surface area (Å²) in [5.74, 6) is -2.05. The second-order valence-corrected chi connectivity index (χ2v) is 6.24. The van der Waals surface area contributed by atoms with Crippen LogP contribution in [0.1, 0.15) is 51.1 Å². The average Bonchev–Trinajstić information content (AvgIpc) is 3.12. The van der Waals surface area contributed by atoms with E-state index in [1.165, 1.54) is 29.3 Å². The number of hydrogen-bond acceptors (Lipinski definition) is 3. The van der Waals surface area contributed by atoms with E-state index in [0.29, 0.717) is 5.56 Å². The van der Waals surface area contributed by atoms with Gasteiger partial charge in [-0.15, -0.1) is 0 Å². The number of carbonyl (C=O) groups is 3. The molecule has 2 N–H and O–H groups in total. The zero-order valence-corrected chi connectivity index (χ0v) is 14.2. The minimum atomic E-state index is -0.749. The van der Waals surface area contributed by atoms with E-state index >= 15 is 0 Å². The Morgan fingerprint density at radius 1 is 0.923 bits per heavy atom. The van der Waals surface area contributed by atoms with Crippen LogP contribution >= 0.6 is 0 Å². The molecule has 0 bridgehead atoms. The summed E-state index contributed by atoms with van der Waals surface area (Å²) < 4.78 is 13.5. The van der Waals surface area contributed by atoms with Gasteiger partial charge in [-0.1, -0.05) is 24.3 Å². The van der Waals surface area contributed by atoms with Crippen molar-refractivity contribution in [1.82, 2.24) is 10.9 Å². The molecule has 2 amide bonds. The molecule has 26 heavy (non-hydrogen) atoms. The third kappa shape index (κ3) is 4.14. The van der Waals surface area contributed by atoms with E-state index in [9.17, 15) is 18.8 Å². The van der Waals surface area contributed by atoms with Crippen molar-refractivity contribution < 1.29 is 18.8 Å². The molecule has 1 aliphatic carbocycles. The van der Waals surface area contributed by atoms with Crippen LogP contribution in [0.15, 0.2) is 42.5 Å². The molecule has 0 aromatic heterocycles. The van der Waals surface area contributed by atoms with Crippen LogP contribution < -0.4 is 10.9 Å². The molecule has 0 unspecified atom stereocenters. The molecular formula is C20H19FN2O3. The van der Waals surface area contributed by atoms with E-state index < -0.39 is 17.6 Å². The molecule has 0 aliphatic heterocycles. The highest BCUT2D eigenvalue weighted by molar-refractivity contribution is 5.99. The van der Waals surface area contributed by atoms with Crippen LogP contribution in [-0.2, 0) is 17.6 Å². The maximum absolute atomic E-state index is 13.5. The second kappa shape index (κ2) is 7.91. The first-order valence-corrected chi connectivity index (χ1v) is 8.53. The Morgan fingerprint density at radius 3 is 2.50 bits per heavy atom. The van der Waals surface area contributed by atoms with Crippen molar-refractivity contribution in [2.24, 2.45) is 0 Å². The number of hydrazine groups is 1. The molecule has 5 nitrogen and oxygen atoms in total. The Kier molecular flexibility index (Phi) is 5.41. The molecule has 0 saturated carbocycles. The molecule has 3 rings (SSSR count). The molecule has 134 valence electrons. The van der Waals surface area contributed by atoms with Crippen molar-refractivity contribution in [3.05, 3.63) is 70.5 Å². The SMILES string of the molecule is O=C(CCC(=O)c1ccc2c(c1)CCC2)NNC(=O)c1ccccc1F. The fourth-order valence-corrected chi connectivity index (χ4v) is 3.02. The lowest BCUT2D eigenvalue weighted by molar-refractivity contribution is -0.121. The summed E-state index contributed by atoms with van der Waals surface area (Å²) in [5.41, 5.74) is 7.28. The van der Waals surface area contributed by atoms with Crippen LogP contribution in [0, 0.1) is 5.82 Å². The van der Waals surface area contributed by atoms with Gasteiger partial charge in [0.05, 0.1) is 5.56 Å². The standard InChI is InChI=1S/C20H19FN2O3/c21-17-7-2-1-6-16(17)20(26)23-22-19(25)11-10-18(24)15-9-8-13-4-3-5-14(13)12-15/h1-2,6-9,12H,3-5,10-11H2,(H,22,25)(H,23,26). The van der Waals surface area contributed by atoms with Crippen LogP contribution in [-0.4, -0.2) is 17.6 Å². The van der Waals surface area contributed by atoms with Gasteiger partial charge < -0.3 is 0 Å². The summed E-state index contributed by atoms with van der Waals surface area (Å²) >= 11 is 0. The highest BCUT2D eigenvalue weighted by Crippen LogP contribution is 2.23. The Labute approximate surface area is 150 Å². The number of carbonyl (C=O) groups excluding carboxylic acids is 3. The maximum atomic E-state index is 13.5. The van der Waals surface area contributed by atoms with Crippen LogP contribution in [0.2, 0.25) is 0 Å². The van der Waals surface area contributed by atoms with E-state index in [1.807, 2.05) is 12.1 Å². The largest absolute Gasteiger partial charge is 0.294 e. The van der Waals surface area contributed by atoms with E-state index in [1.54, 1.807) is 6.07 Å². The monoisotopic (exact) mass is 354 g/mol. The van der Waals surface area contributed by atoms with Gasteiger partial charge >= 0.3 is 0 Å². The average molecular weight is 354 g/mol. The number of nitrogens with one attached hydrogen (secondary N) is 2. The number of amides is 2. The Morgan fingerprint density at radius 2 is 1.69 bits per heavy atom. The van der Waals surface area contributed by atoms with Gasteiger partial charge in [-0.2, -0.15) is 0 Å². The first kappa shape index (κ1) is 17.8. The molecular weight excluding hydrogens is 335 g/mol. The fraction of sp³-hybridized carbons (Fsp3) is 0.250. The second-order valence-electron chi connectivity index (χ2n) is 6.24. The number of Topliss-reactive ketones (excluding diaryl/α,β-unsaturated/α-hetero) is 1. The van der Waals surface area contributed by atoms with Gasteiger partial charge in [-0.05, 0) is 48.6 Å². The molecule has 2 aromatic carbocycles. The fourth-order valence-electron chi connectivity index (χ4n) is 3.02. The van der Waals surface area contributed by atoms with E-state index in [2.05, 4.69) is 10.9 Å². The molecule has 0 saturated heterocycles. The van der Waals surface area contributed by atoms with Crippen molar-refractivity contribution in [1.29, 1.82) is 0 Å². The van der Waals surface area contributed by atoms with Crippen LogP contribution in [0.25, 0.3) is 0 Å². The number of hydrogen-bond donors (Lipinski definition) is 2. The first-order chi connectivity index (χ1) is 12.5. The quantitative estimate of drug-likeness (QED) is 0.640. The Hall–Kier alpha value is -3.02. The highest BCUT2D eigenvalue weighted by atomic mass is 19.1. The Balaban J connectivity index is 1.47. The zero-order chi connectivity index (χ0) is 18.5. The molecule has 0 heterocycles. The summed E-state index contributed by atoms with van der Waals surface area (Å²) in [6.07, 6.45) is 3.12. The molecule has 2 aromatic rings. The van der Waals surface area contributed by atoms with E-state index in [-0.39, 0.29) is 24.2 Å². The van der Waals surface area contributed by atoms with Gasteiger partial charge in [-0.25, -0.2) is 4.39 Å². The summed E-state index contributed by atoms with van der Waals surface area (Å²) in [6, 6.07) is 11.1. The van der Waals surface area contributed by atoms with Gasteiger partial charge in [0, 0.05) is 18.4 Å². The topological polar surface area (TPSA) is 75.3 Å². The molecule has 1 aliphatic rings. The first-order valence-electron chi connectivity index (χ1n) is 8.53. The van der Waals surface area contributed by atoms with Gasteiger partial charge in [0.1, 0.15) is 5.82 Å². The third-order valence-corrected chi connectivity index (χ3v) is 4.43. The molecule has 0 spiro atoms. The summed E-state index contributed by atoms with van der Waals surface area (Å²) in [6.45, 7) is 0. The minimum Gasteiger partial charge on any atom is -0.294 e. The molecule has 0 fully saturated rings. The lowest BCUT2D eigenvalue weighted by atomic mass is 10.0. The van der Waals surface area contributed by atoms with Gasteiger partial charge in [0.25, 0.3) is 5.91 Å². The predicted molar refractivity (Wildman–Crippen MR) is 94.0 cm³/mol. The lowest BCUT2D eigenvalue weighted by Gasteiger charge is -2.08. The number of aryl methyl sites for hydroxylation is 2. The third-order valence-electron chi connectivity index (χ3n) is 4.43. The number of halogens is 1. The summed E-state index contributed by atoms with van der Waals surface area (Å²) in [5, 5.41) is 0. The molecule has 0 radical (unpaired) electrons. The molecule has 0 atom stereocenters. The van der Waals surface area contributed by atoms with Gasteiger partial charge in [0.15, 0.2) is 5.78 Å². The summed E-state index contributed by atoms with van der Waals surface area (Å²) in [7, 11) is 0. The Bertz CT molecular complexity index is 864. The van der Waals surface area contributed by atoms with Gasteiger partial charge in [0.2, 0.25) is 5.91 Å². The molecule has 6 heteroatoms. The smallest absolute Gasteiger partial charge is 0.272 e. The van der Waals surface area contributed by atoms with E-state index in [4.69, 9.17) is 0 Å². The number of ketones is 1. The maximum Gasteiger partial charge on any atom is 0.272 e. The number of benzene rings is 2. The number of rotatable bonds is 5. The van der Waals surface area contributed by atoms with Crippen molar-refractivity contribution in [2.75, 3.05) is 0 Å². The zero-order valence-electron chi connectivity index (χ0n) is 14.2. The summed E-state index contributed by atoms with van der Waals surface area (Å²) in [4.78, 5) is 35.9. The number of fused-ring (bicyclic) bond motifs is 1. The van der Waals surface area contributed by atoms with Crippen LogP contribution in [0.4, 0.5) is 4.39 Å². The van der Waals surface area contributed by atoms with Crippen LogP contribution in [0.3, 0.4) is 0 Å². The van der Waals surface area contributed by atoms with Crippen LogP contribution in [0.5, 0.6) is 0 Å². The lowest BCUT2D eigenvalue weighted by Crippen LogP contribution is -2.42. The minimum absolute atomic E-state index is 0.0419. The van der Waals surface area contributed by atoms with Gasteiger partial charge in [-0.3, -0.25) is 25.2 Å². The van der Waals surface area contributed by atoms with E-state index in [0.717, 1.165) is 25.3 Å². The van der Waals surface area contributed by atoms with Crippen molar-refractivity contribution in [3.8, 4) is 0 Å². The highest BCUT2D eigenvalue weighted by Gasteiger charge is 2.16. The predicted octanol–water partition coefficient (Wildman–Crippen LogP) is 2.74. The normalized spacial score (nSPS) is 12.3.